The van der Waals surface area contributed by atoms with Crippen LogP contribution in [0.25, 0.3) is 0 Å². The Morgan fingerprint density at radius 3 is 2.92 bits per heavy atom. The first kappa shape index (κ1) is 9.15. The second-order valence-electron chi connectivity index (χ2n) is 2.35. The number of hydrogen-bond acceptors (Lipinski definition) is 4. The highest BCUT2D eigenvalue weighted by molar-refractivity contribution is 7.11. The Morgan fingerprint density at radius 2 is 2.42 bits per heavy atom. The third-order valence-electron chi connectivity index (χ3n) is 1.38. The summed E-state index contributed by atoms with van der Waals surface area (Å²) < 4.78 is 0. The lowest BCUT2D eigenvalue weighted by molar-refractivity contribution is 0.0690. The summed E-state index contributed by atoms with van der Waals surface area (Å²) in [6.07, 6.45) is 0.590. The van der Waals surface area contributed by atoms with Crippen molar-refractivity contribution in [1.82, 2.24) is 4.98 Å². The van der Waals surface area contributed by atoms with E-state index in [0.717, 1.165) is 9.88 Å². The van der Waals surface area contributed by atoms with Gasteiger partial charge in [-0.3, -0.25) is 0 Å². The van der Waals surface area contributed by atoms with Crippen LogP contribution in [0.15, 0.2) is 0 Å². The molecule has 0 saturated carbocycles. The molecular formula is C7H10N2O2S. The van der Waals surface area contributed by atoms with Gasteiger partial charge in [-0.1, -0.05) is 0 Å². The normalized spacial score (nSPS) is 10.2. The average Bonchev–Trinajstić information content (AvgIpc) is 2.32. The van der Waals surface area contributed by atoms with Crippen LogP contribution in [0, 0.1) is 6.92 Å². The molecule has 1 heterocycles. The highest BCUT2D eigenvalue weighted by Gasteiger charge is 2.14. The smallest absolute Gasteiger partial charge is 0.355 e. The molecule has 5 heteroatoms. The number of hydrogen-bond donors (Lipinski definition) is 2. The molecule has 0 aliphatic rings. The molecule has 1 rings (SSSR count). The van der Waals surface area contributed by atoms with Gasteiger partial charge in [0.15, 0.2) is 5.69 Å². The molecule has 0 atom stereocenters. The van der Waals surface area contributed by atoms with E-state index in [-0.39, 0.29) is 5.69 Å². The molecular weight excluding hydrogens is 176 g/mol. The highest BCUT2D eigenvalue weighted by Crippen LogP contribution is 2.17. The maximum Gasteiger partial charge on any atom is 0.355 e. The van der Waals surface area contributed by atoms with Gasteiger partial charge in [0.25, 0.3) is 0 Å². The van der Waals surface area contributed by atoms with Crippen LogP contribution < -0.4 is 5.73 Å². The molecule has 0 saturated heterocycles. The number of rotatable bonds is 3. The van der Waals surface area contributed by atoms with E-state index in [2.05, 4.69) is 4.98 Å². The number of nitrogens with two attached hydrogens (primary N) is 1. The Morgan fingerprint density at radius 1 is 1.75 bits per heavy atom. The molecule has 12 heavy (non-hydrogen) atoms. The molecule has 0 amide bonds. The van der Waals surface area contributed by atoms with E-state index in [4.69, 9.17) is 10.8 Å². The predicted molar refractivity (Wildman–Crippen MR) is 46.6 cm³/mol. The van der Waals surface area contributed by atoms with Crippen LogP contribution in [0.1, 0.15) is 20.4 Å². The lowest BCUT2D eigenvalue weighted by atomic mass is 10.3. The Hall–Kier alpha value is -0.940. The summed E-state index contributed by atoms with van der Waals surface area (Å²) in [6.45, 7) is 2.25. The Bertz CT molecular complexity index is 296. The van der Waals surface area contributed by atoms with Gasteiger partial charge in [-0.2, -0.15) is 0 Å². The van der Waals surface area contributed by atoms with E-state index in [0.29, 0.717) is 13.0 Å². The molecule has 1 aromatic heterocycles. The minimum absolute atomic E-state index is 0.156. The fourth-order valence-corrected chi connectivity index (χ4v) is 1.88. The van der Waals surface area contributed by atoms with Crippen molar-refractivity contribution in [2.45, 2.75) is 13.3 Å². The average molecular weight is 186 g/mol. The summed E-state index contributed by atoms with van der Waals surface area (Å²) in [5, 5.41) is 9.48. The largest absolute Gasteiger partial charge is 0.476 e. The van der Waals surface area contributed by atoms with Gasteiger partial charge < -0.3 is 10.8 Å². The van der Waals surface area contributed by atoms with Gasteiger partial charge in [-0.05, 0) is 19.9 Å². The van der Waals surface area contributed by atoms with E-state index in [1.54, 1.807) is 6.92 Å². The van der Waals surface area contributed by atoms with Crippen molar-refractivity contribution in [2.75, 3.05) is 6.54 Å². The van der Waals surface area contributed by atoms with Gasteiger partial charge in [-0.15, -0.1) is 11.3 Å². The van der Waals surface area contributed by atoms with Gasteiger partial charge in [0.05, 0.1) is 5.01 Å². The fourth-order valence-electron chi connectivity index (χ4n) is 0.937. The molecule has 0 bridgehead atoms. The number of nitrogens with zero attached hydrogens (tertiary/aromatic N) is 1. The van der Waals surface area contributed by atoms with Gasteiger partial charge in [-0.25, -0.2) is 9.78 Å². The lowest BCUT2D eigenvalue weighted by Gasteiger charge is -1.92. The van der Waals surface area contributed by atoms with Crippen molar-refractivity contribution in [3.63, 3.8) is 0 Å². The lowest BCUT2D eigenvalue weighted by Crippen LogP contribution is -2.06. The Balaban J connectivity index is 2.99. The van der Waals surface area contributed by atoms with E-state index in [1.165, 1.54) is 11.3 Å². The number of aryl methyl sites for hydroxylation is 1. The molecule has 0 aromatic carbocycles. The number of thiazole rings is 1. The summed E-state index contributed by atoms with van der Waals surface area (Å²) in [4.78, 5) is 15.3. The summed E-state index contributed by atoms with van der Waals surface area (Å²) in [6, 6.07) is 0. The van der Waals surface area contributed by atoms with E-state index in [9.17, 15) is 4.79 Å². The molecule has 3 N–H and O–H groups in total. The van der Waals surface area contributed by atoms with Gasteiger partial charge >= 0.3 is 5.97 Å². The van der Waals surface area contributed by atoms with Crippen molar-refractivity contribution in [3.8, 4) is 0 Å². The van der Waals surface area contributed by atoms with Gasteiger partial charge in [0, 0.05) is 4.88 Å². The zero-order valence-corrected chi connectivity index (χ0v) is 7.52. The fraction of sp³-hybridized carbons (Fsp3) is 0.429. The first-order valence-electron chi connectivity index (χ1n) is 3.54. The first-order chi connectivity index (χ1) is 5.65. The monoisotopic (exact) mass is 186 g/mol. The first-order valence-corrected chi connectivity index (χ1v) is 4.36. The van der Waals surface area contributed by atoms with Crippen LogP contribution in [-0.2, 0) is 6.42 Å². The molecule has 1 aromatic rings. The van der Waals surface area contributed by atoms with Crippen molar-refractivity contribution in [2.24, 2.45) is 5.73 Å². The number of carboxylic acid groups (broad SMARTS) is 1. The van der Waals surface area contributed by atoms with Crippen LogP contribution in [0.5, 0.6) is 0 Å². The van der Waals surface area contributed by atoms with Crippen LogP contribution in [0.2, 0.25) is 0 Å². The van der Waals surface area contributed by atoms with Crippen molar-refractivity contribution in [3.05, 3.63) is 15.6 Å². The Kier molecular flexibility index (Phi) is 2.78. The molecule has 0 spiro atoms. The van der Waals surface area contributed by atoms with Crippen LogP contribution >= 0.6 is 11.3 Å². The number of carboxylic acids is 1. The molecule has 0 unspecified atom stereocenters. The van der Waals surface area contributed by atoms with E-state index < -0.39 is 5.97 Å². The van der Waals surface area contributed by atoms with Crippen LogP contribution in [0.3, 0.4) is 0 Å². The summed E-state index contributed by atoms with van der Waals surface area (Å²) in [5.41, 5.74) is 5.48. The van der Waals surface area contributed by atoms with E-state index in [1.807, 2.05) is 0 Å². The third-order valence-corrected chi connectivity index (χ3v) is 2.41. The van der Waals surface area contributed by atoms with Crippen LogP contribution in [0.4, 0.5) is 0 Å². The summed E-state index contributed by atoms with van der Waals surface area (Å²) in [5.74, 6) is -0.970. The second-order valence-corrected chi connectivity index (χ2v) is 3.64. The van der Waals surface area contributed by atoms with Gasteiger partial charge in [0.2, 0.25) is 0 Å². The summed E-state index contributed by atoms with van der Waals surface area (Å²) in [7, 11) is 0. The van der Waals surface area contributed by atoms with Gasteiger partial charge in [0.1, 0.15) is 0 Å². The molecule has 0 radical (unpaired) electrons. The zero-order valence-electron chi connectivity index (χ0n) is 6.70. The number of carbonyl (C=O) groups is 1. The molecule has 66 valence electrons. The predicted octanol–water partition coefficient (Wildman–Crippen LogP) is 0.651. The maximum absolute atomic E-state index is 10.6. The SMILES string of the molecule is Cc1nc(C(=O)O)c(CCN)s1. The van der Waals surface area contributed by atoms with E-state index >= 15 is 0 Å². The third kappa shape index (κ3) is 1.80. The van der Waals surface area contributed by atoms with Crippen molar-refractivity contribution < 1.29 is 9.90 Å². The second kappa shape index (κ2) is 3.64. The molecule has 0 fully saturated rings. The highest BCUT2D eigenvalue weighted by atomic mass is 32.1. The number of aromatic carboxylic acids is 1. The van der Waals surface area contributed by atoms with Crippen molar-refractivity contribution in [1.29, 1.82) is 0 Å². The Labute approximate surface area is 74.0 Å². The standard InChI is InChI=1S/C7H10N2O2S/c1-4-9-6(7(10)11)5(12-4)2-3-8/h2-3,8H2,1H3,(H,10,11). The molecule has 0 aliphatic heterocycles. The summed E-state index contributed by atoms with van der Waals surface area (Å²) >= 11 is 1.40. The van der Waals surface area contributed by atoms with Crippen LogP contribution in [-0.4, -0.2) is 22.6 Å². The minimum Gasteiger partial charge on any atom is -0.476 e. The maximum atomic E-state index is 10.6. The zero-order chi connectivity index (χ0) is 9.14. The molecule has 0 aliphatic carbocycles. The topological polar surface area (TPSA) is 76.2 Å². The molecule has 4 nitrogen and oxygen atoms in total. The number of aromatic nitrogens is 1. The van der Waals surface area contributed by atoms with Crippen molar-refractivity contribution >= 4 is 17.3 Å². The quantitative estimate of drug-likeness (QED) is 0.726. The minimum atomic E-state index is -0.970.